The highest BCUT2D eigenvalue weighted by molar-refractivity contribution is 7.09. The van der Waals surface area contributed by atoms with Gasteiger partial charge in [-0.15, -0.1) is 0 Å². The van der Waals surface area contributed by atoms with E-state index in [1.807, 2.05) is 0 Å². The lowest BCUT2D eigenvalue weighted by Crippen LogP contribution is -2.32. The average molecular weight is 609 g/mol. The third-order valence-corrected chi connectivity index (χ3v) is 14.3. The Morgan fingerprint density at radius 3 is 1.27 bits per heavy atom. The van der Waals surface area contributed by atoms with Crippen LogP contribution in [0.2, 0.25) is 13.1 Å². The maximum Gasteiger partial charge on any atom is 0.113 e. The molecule has 2 aliphatic rings. The fourth-order valence-corrected chi connectivity index (χ4v) is 12.5. The van der Waals surface area contributed by atoms with Gasteiger partial charge in [0.15, 0.2) is 0 Å². The highest BCUT2D eigenvalue weighted by atomic mass is 28.3. The Hall–Kier alpha value is -3.42. The zero-order valence-electron chi connectivity index (χ0n) is 28.7. The summed E-state index contributed by atoms with van der Waals surface area (Å²) in [5, 5.41) is 3.49. The van der Waals surface area contributed by atoms with Crippen molar-refractivity contribution >= 4 is 18.5 Å². The first-order chi connectivity index (χ1) is 21.9. The maximum absolute atomic E-state index is 2.70. The maximum atomic E-state index is 2.70. The van der Waals surface area contributed by atoms with E-state index in [1.54, 1.807) is 43.8 Å². The standard InChI is InChI=1S/C44H52Si/c1-7-11-15-37-29-35-17-13-19-39(33-25-21-31(9-3)22-26-33)41(35)43(37)45(5,6)44-38(16-12-8-2)30-36-18-14-20-40(42(36)44)34-27-23-32(10-4)24-28-34/h13-14,17-28H,7-12,15-16,29-30H2,1-6H3. The number of allylic oxidation sites excluding steroid dienone is 2. The Morgan fingerprint density at radius 2 is 0.911 bits per heavy atom. The van der Waals surface area contributed by atoms with E-state index in [1.165, 1.54) is 71.9 Å². The summed E-state index contributed by atoms with van der Waals surface area (Å²) in [5.41, 5.74) is 18.1. The first kappa shape index (κ1) is 31.6. The van der Waals surface area contributed by atoms with Crippen LogP contribution in [0.1, 0.15) is 99.6 Å². The van der Waals surface area contributed by atoms with Crippen LogP contribution < -0.4 is 0 Å². The number of unbranched alkanes of at least 4 members (excludes halogenated alkanes) is 2. The van der Waals surface area contributed by atoms with Crippen molar-refractivity contribution in [1.29, 1.82) is 0 Å². The topological polar surface area (TPSA) is 0 Å². The molecule has 0 bridgehead atoms. The second-order valence-corrected chi connectivity index (χ2v) is 18.2. The summed E-state index contributed by atoms with van der Waals surface area (Å²) in [6.07, 6.45) is 11.9. The third-order valence-electron chi connectivity index (χ3n) is 10.6. The van der Waals surface area contributed by atoms with Gasteiger partial charge in [0.1, 0.15) is 8.07 Å². The number of fused-ring (bicyclic) bond motifs is 2. The minimum Gasteiger partial charge on any atom is -0.0655 e. The molecule has 0 aromatic heterocycles. The van der Waals surface area contributed by atoms with Gasteiger partial charge in [0.25, 0.3) is 0 Å². The molecule has 0 saturated heterocycles. The zero-order valence-corrected chi connectivity index (χ0v) is 29.7. The minimum absolute atomic E-state index is 1.08. The summed E-state index contributed by atoms with van der Waals surface area (Å²) in [5.74, 6) is 0. The van der Waals surface area contributed by atoms with Crippen LogP contribution in [0.4, 0.5) is 0 Å². The molecule has 0 aliphatic heterocycles. The van der Waals surface area contributed by atoms with Crippen molar-refractivity contribution in [3.63, 3.8) is 0 Å². The zero-order chi connectivity index (χ0) is 31.6. The van der Waals surface area contributed by atoms with E-state index in [0.717, 1.165) is 25.7 Å². The smallest absolute Gasteiger partial charge is 0.0655 e. The number of benzene rings is 4. The summed E-state index contributed by atoms with van der Waals surface area (Å²) in [6, 6.07) is 33.1. The van der Waals surface area contributed by atoms with Gasteiger partial charge >= 0.3 is 0 Å². The van der Waals surface area contributed by atoms with Crippen molar-refractivity contribution in [3.8, 4) is 22.3 Å². The first-order valence-corrected chi connectivity index (χ1v) is 20.8. The van der Waals surface area contributed by atoms with Gasteiger partial charge in [-0.2, -0.15) is 0 Å². The molecular weight excluding hydrogens is 557 g/mol. The molecule has 4 aromatic carbocycles. The lowest BCUT2D eigenvalue weighted by molar-refractivity contribution is 0.778. The third kappa shape index (κ3) is 5.97. The summed E-state index contributed by atoms with van der Waals surface area (Å²) in [6.45, 7) is 14.6. The van der Waals surface area contributed by atoms with Gasteiger partial charge in [0, 0.05) is 0 Å². The highest BCUT2D eigenvalue weighted by Crippen LogP contribution is 2.53. The van der Waals surface area contributed by atoms with Crippen molar-refractivity contribution in [2.24, 2.45) is 0 Å². The quantitative estimate of drug-likeness (QED) is 0.140. The molecule has 0 nitrogen and oxygen atoms in total. The van der Waals surface area contributed by atoms with Crippen LogP contribution in [0.3, 0.4) is 0 Å². The van der Waals surface area contributed by atoms with E-state index in [2.05, 4.69) is 126 Å². The summed E-state index contributed by atoms with van der Waals surface area (Å²) >= 11 is 0. The van der Waals surface area contributed by atoms with Crippen molar-refractivity contribution in [1.82, 2.24) is 0 Å². The Balaban J connectivity index is 1.57. The summed E-state index contributed by atoms with van der Waals surface area (Å²) in [7, 11) is -2.17. The van der Waals surface area contributed by atoms with Crippen molar-refractivity contribution < 1.29 is 0 Å². The van der Waals surface area contributed by atoms with Gasteiger partial charge in [-0.3, -0.25) is 0 Å². The SMILES string of the molecule is CCCCC1=C([Si](C)(C)C2=C(CCCC)Cc3cccc(-c4ccc(CC)cc4)c32)c2c(cccc2-c2ccc(CC)cc2)C1. The normalized spacial score (nSPS) is 14.4. The van der Waals surface area contributed by atoms with Crippen molar-refractivity contribution in [3.05, 3.63) is 129 Å². The number of hydrogen-bond acceptors (Lipinski definition) is 0. The van der Waals surface area contributed by atoms with Gasteiger partial charge in [0.2, 0.25) is 0 Å². The van der Waals surface area contributed by atoms with Gasteiger partial charge in [0.05, 0.1) is 0 Å². The fraction of sp³-hybridized carbons (Fsp3) is 0.364. The lowest BCUT2D eigenvalue weighted by atomic mass is 9.96. The number of rotatable bonds is 12. The molecule has 0 unspecified atom stereocenters. The first-order valence-electron chi connectivity index (χ1n) is 17.8. The number of hydrogen-bond donors (Lipinski definition) is 0. The molecule has 6 rings (SSSR count). The van der Waals surface area contributed by atoms with Crippen LogP contribution in [0.15, 0.2) is 96.1 Å². The van der Waals surface area contributed by atoms with E-state index in [0.29, 0.717) is 0 Å². The molecule has 2 aliphatic carbocycles. The molecule has 232 valence electrons. The molecule has 0 heterocycles. The largest absolute Gasteiger partial charge is 0.113 e. The molecular formula is C44H52Si. The van der Waals surface area contributed by atoms with Crippen LogP contribution in [0.5, 0.6) is 0 Å². The Labute approximate surface area is 274 Å². The molecule has 0 fully saturated rings. The molecule has 0 radical (unpaired) electrons. The van der Waals surface area contributed by atoms with Crippen LogP contribution in [-0.2, 0) is 25.7 Å². The predicted molar refractivity (Wildman–Crippen MR) is 200 cm³/mol. The molecule has 0 saturated carbocycles. The average Bonchev–Trinajstić information content (AvgIpc) is 3.65. The van der Waals surface area contributed by atoms with Crippen LogP contribution in [-0.4, -0.2) is 8.07 Å². The van der Waals surface area contributed by atoms with Gasteiger partial charge < -0.3 is 0 Å². The molecule has 0 spiro atoms. The lowest BCUT2D eigenvalue weighted by Gasteiger charge is -2.33. The minimum atomic E-state index is -2.17. The number of aryl methyl sites for hydroxylation is 2. The van der Waals surface area contributed by atoms with Gasteiger partial charge in [-0.1, -0.05) is 150 Å². The van der Waals surface area contributed by atoms with Crippen molar-refractivity contribution in [2.45, 2.75) is 105 Å². The fourth-order valence-electron chi connectivity index (χ4n) is 8.24. The Morgan fingerprint density at radius 1 is 0.511 bits per heavy atom. The molecule has 0 atom stereocenters. The second kappa shape index (κ2) is 13.5. The molecule has 1 heteroatoms. The molecule has 4 aromatic rings. The van der Waals surface area contributed by atoms with E-state index in [4.69, 9.17) is 0 Å². The van der Waals surface area contributed by atoms with Crippen molar-refractivity contribution in [2.75, 3.05) is 0 Å². The Bertz CT molecular complexity index is 1600. The summed E-state index contributed by atoms with van der Waals surface area (Å²) in [4.78, 5) is 0. The molecule has 0 amide bonds. The van der Waals surface area contributed by atoms with Crippen LogP contribution in [0.25, 0.3) is 32.6 Å². The van der Waals surface area contributed by atoms with Gasteiger partial charge in [-0.25, -0.2) is 0 Å². The van der Waals surface area contributed by atoms with Crippen LogP contribution >= 0.6 is 0 Å². The summed E-state index contributed by atoms with van der Waals surface area (Å²) < 4.78 is 0. The Kier molecular flexibility index (Phi) is 9.48. The van der Waals surface area contributed by atoms with E-state index in [-0.39, 0.29) is 0 Å². The van der Waals surface area contributed by atoms with E-state index >= 15 is 0 Å². The molecule has 0 N–H and O–H groups in total. The molecule has 45 heavy (non-hydrogen) atoms. The predicted octanol–water partition coefficient (Wildman–Crippen LogP) is 12.6. The second-order valence-electron chi connectivity index (χ2n) is 13.9. The van der Waals surface area contributed by atoms with Crippen LogP contribution in [0, 0.1) is 0 Å². The van der Waals surface area contributed by atoms with Gasteiger partial charge in [-0.05, 0) is 117 Å². The highest BCUT2D eigenvalue weighted by Gasteiger charge is 2.43. The van der Waals surface area contributed by atoms with E-state index < -0.39 is 8.07 Å². The monoisotopic (exact) mass is 608 g/mol. The van der Waals surface area contributed by atoms with E-state index in [9.17, 15) is 0 Å².